The van der Waals surface area contributed by atoms with Gasteiger partial charge in [0.05, 0.1) is 30.6 Å². The molecule has 0 amide bonds. The minimum absolute atomic E-state index is 0.0303. The first-order chi connectivity index (χ1) is 8.31. The molecule has 0 fully saturated rings. The van der Waals surface area contributed by atoms with Crippen LogP contribution in [0.15, 0.2) is 24.0 Å². The molecule has 17 heavy (non-hydrogen) atoms. The molecule has 0 aliphatic carbocycles. The van der Waals surface area contributed by atoms with Gasteiger partial charge in [-0.3, -0.25) is 4.98 Å². The molecule has 0 spiro atoms. The first-order valence-corrected chi connectivity index (χ1v) is 6.24. The largest absolute Gasteiger partial charge is 0.491 e. The third-order valence-corrected chi connectivity index (χ3v) is 3.47. The van der Waals surface area contributed by atoms with Crippen molar-refractivity contribution in [2.75, 3.05) is 6.61 Å². The summed E-state index contributed by atoms with van der Waals surface area (Å²) < 4.78 is 5.61. The lowest BCUT2D eigenvalue weighted by molar-refractivity contribution is 0.263. The number of ether oxygens (including phenoxy) is 1. The van der Waals surface area contributed by atoms with E-state index in [4.69, 9.17) is 9.84 Å². The molecule has 0 atom stereocenters. The van der Waals surface area contributed by atoms with Gasteiger partial charge in [-0.1, -0.05) is 0 Å². The van der Waals surface area contributed by atoms with Crippen molar-refractivity contribution in [1.29, 1.82) is 0 Å². The van der Waals surface area contributed by atoms with Crippen LogP contribution in [0.4, 0.5) is 0 Å². The first kappa shape index (κ1) is 12.0. The number of nitrogens with zero attached hydrogens (tertiary/aromatic N) is 2. The lowest BCUT2D eigenvalue weighted by Gasteiger charge is -2.08. The number of hydrogen-bond donors (Lipinski definition) is 1. The van der Waals surface area contributed by atoms with Crippen LogP contribution in [0.1, 0.15) is 16.1 Å². The number of hydrogen-bond acceptors (Lipinski definition) is 5. The zero-order valence-electron chi connectivity index (χ0n) is 9.59. The molecule has 5 heteroatoms. The minimum atomic E-state index is -0.0303. The van der Waals surface area contributed by atoms with Gasteiger partial charge in [0.1, 0.15) is 5.75 Å². The van der Waals surface area contributed by atoms with Crippen LogP contribution in [0.25, 0.3) is 0 Å². The predicted molar refractivity (Wildman–Crippen MR) is 66.2 cm³/mol. The minimum Gasteiger partial charge on any atom is -0.491 e. The molecule has 0 aliphatic heterocycles. The van der Waals surface area contributed by atoms with Crippen molar-refractivity contribution in [1.82, 2.24) is 9.97 Å². The summed E-state index contributed by atoms with van der Waals surface area (Å²) in [5, 5.41) is 9.13. The number of aliphatic hydroxyl groups excluding tert-OH is 1. The summed E-state index contributed by atoms with van der Waals surface area (Å²) in [5.74, 6) is 0.650. The summed E-state index contributed by atoms with van der Waals surface area (Å²) in [5.41, 5.74) is 3.67. The molecule has 4 nitrogen and oxygen atoms in total. The summed E-state index contributed by atoms with van der Waals surface area (Å²) in [6, 6.07) is 1.76. The molecule has 90 valence electrons. The van der Waals surface area contributed by atoms with Crippen LogP contribution in [-0.4, -0.2) is 21.7 Å². The zero-order chi connectivity index (χ0) is 12.1. The van der Waals surface area contributed by atoms with Gasteiger partial charge in [0.15, 0.2) is 0 Å². The predicted octanol–water partition coefficient (Wildman–Crippen LogP) is 1.96. The van der Waals surface area contributed by atoms with Gasteiger partial charge in [0, 0.05) is 23.1 Å². The van der Waals surface area contributed by atoms with Crippen molar-refractivity contribution >= 4 is 11.3 Å². The second-order valence-electron chi connectivity index (χ2n) is 3.60. The van der Waals surface area contributed by atoms with Gasteiger partial charge in [0.2, 0.25) is 0 Å². The van der Waals surface area contributed by atoms with Crippen molar-refractivity contribution in [3.05, 3.63) is 40.1 Å². The normalized spacial score (nSPS) is 10.5. The number of aromatic nitrogens is 2. The fraction of sp³-hybridized carbons (Fsp3) is 0.333. The number of aliphatic hydroxyl groups is 1. The first-order valence-electron chi connectivity index (χ1n) is 5.36. The lowest BCUT2D eigenvalue weighted by atomic mass is 10.2. The Morgan fingerprint density at radius 2 is 2.35 bits per heavy atom. The molecule has 0 aliphatic rings. The monoisotopic (exact) mass is 250 g/mol. The van der Waals surface area contributed by atoms with E-state index in [0.29, 0.717) is 12.4 Å². The van der Waals surface area contributed by atoms with E-state index >= 15 is 0 Å². The Kier molecular flexibility index (Phi) is 4.06. The van der Waals surface area contributed by atoms with Crippen LogP contribution in [0, 0.1) is 6.92 Å². The van der Waals surface area contributed by atoms with Crippen molar-refractivity contribution in [3.8, 4) is 5.75 Å². The quantitative estimate of drug-likeness (QED) is 0.881. The molecule has 2 aromatic rings. The Labute approximate surface area is 104 Å². The molecule has 0 radical (unpaired) electrons. The fourth-order valence-electron chi connectivity index (χ4n) is 1.49. The molecular formula is C12H14N2O2S. The van der Waals surface area contributed by atoms with E-state index in [-0.39, 0.29) is 6.61 Å². The number of aryl methyl sites for hydroxylation is 1. The summed E-state index contributed by atoms with van der Waals surface area (Å²) in [7, 11) is 0. The molecule has 2 rings (SSSR count). The van der Waals surface area contributed by atoms with Crippen LogP contribution >= 0.6 is 11.3 Å². The SMILES string of the molecule is Cc1ncsc1CCOc1cnccc1CO. The van der Waals surface area contributed by atoms with E-state index < -0.39 is 0 Å². The van der Waals surface area contributed by atoms with Crippen LogP contribution in [0.5, 0.6) is 5.75 Å². The van der Waals surface area contributed by atoms with Crippen molar-refractivity contribution in [3.63, 3.8) is 0 Å². The smallest absolute Gasteiger partial charge is 0.143 e. The van der Waals surface area contributed by atoms with Gasteiger partial charge in [-0.05, 0) is 13.0 Å². The summed E-state index contributed by atoms with van der Waals surface area (Å²) >= 11 is 1.64. The maximum atomic E-state index is 9.13. The van der Waals surface area contributed by atoms with Crippen molar-refractivity contribution in [2.45, 2.75) is 20.0 Å². The number of thiazole rings is 1. The highest BCUT2D eigenvalue weighted by atomic mass is 32.1. The summed E-state index contributed by atoms with van der Waals surface area (Å²) in [4.78, 5) is 9.40. The third kappa shape index (κ3) is 3.01. The van der Waals surface area contributed by atoms with Gasteiger partial charge < -0.3 is 9.84 Å². The van der Waals surface area contributed by atoms with Gasteiger partial charge >= 0.3 is 0 Å². The molecule has 0 bridgehead atoms. The van der Waals surface area contributed by atoms with E-state index in [1.807, 2.05) is 12.4 Å². The molecule has 2 heterocycles. The van der Waals surface area contributed by atoms with Gasteiger partial charge in [-0.25, -0.2) is 4.98 Å². The van der Waals surface area contributed by atoms with E-state index in [9.17, 15) is 0 Å². The Balaban J connectivity index is 1.92. The van der Waals surface area contributed by atoms with Crippen LogP contribution < -0.4 is 4.74 Å². The average molecular weight is 250 g/mol. The number of pyridine rings is 1. The lowest BCUT2D eigenvalue weighted by Crippen LogP contribution is -2.03. The second-order valence-corrected chi connectivity index (χ2v) is 4.54. The molecule has 2 aromatic heterocycles. The molecular weight excluding hydrogens is 236 g/mol. The van der Waals surface area contributed by atoms with Crippen LogP contribution in [0.2, 0.25) is 0 Å². The Hall–Kier alpha value is -1.46. The van der Waals surface area contributed by atoms with Crippen molar-refractivity contribution < 1.29 is 9.84 Å². The van der Waals surface area contributed by atoms with E-state index in [0.717, 1.165) is 17.7 Å². The maximum absolute atomic E-state index is 9.13. The fourth-order valence-corrected chi connectivity index (χ4v) is 2.25. The van der Waals surface area contributed by atoms with Gasteiger partial charge in [0.25, 0.3) is 0 Å². The molecule has 0 unspecified atom stereocenters. The standard InChI is InChI=1S/C12H14N2O2S/c1-9-12(17-8-14-9)3-5-16-11-6-13-4-2-10(11)7-15/h2,4,6,8,15H,3,5,7H2,1H3. The van der Waals surface area contributed by atoms with Crippen LogP contribution in [0.3, 0.4) is 0 Å². The highest BCUT2D eigenvalue weighted by molar-refractivity contribution is 7.09. The Bertz CT molecular complexity index is 485. The topological polar surface area (TPSA) is 55.2 Å². The van der Waals surface area contributed by atoms with E-state index in [1.54, 1.807) is 29.8 Å². The zero-order valence-corrected chi connectivity index (χ0v) is 10.4. The maximum Gasteiger partial charge on any atom is 0.143 e. The molecule has 0 saturated heterocycles. The molecule has 1 N–H and O–H groups in total. The average Bonchev–Trinajstić information content (AvgIpc) is 2.76. The second kappa shape index (κ2) is 5.75. The van der Waals surface area contributed by atoms with Crippen molar-refractivity contribution in [2.24, 2.45) is 0 Å². The molecule has 0 aromatic carbocycles. The summed E-state index contributed by atoms with van der Waals surface area (Å²) in [6.07, 6.45) is 4.10. The van der Waals surface area contributed by atoms with E-state index in [2.05, 4.69) is 9.97 Å². The Morgan fingerprint density at radius 1 is 1.47 bits per heavy atom. The Morgan fingerprint density at radius 3 is 3.06 bits per heavy atom. The van der Waals surface area contributed by atoms with E-state index in [1.165, 1.54) is 4.88 Å². The van der Waals surface area contributed by atoms with Gasteiger partial charge in [-0.2, -0.15) is 0 Å². The summed E-state index contributed by atoms with van der Waals surface area (Å²) in [6.45, 7) is 2.54. The van der Waals surface area contributed by atoms with Gasteiger partial charge in [-0.15, -0.1) is 11.3 Å². The highest BCUT2D eigenvalue weighted by Crippen LogP contribution is 2.18. The molecule has 0 saturated carbocycles. The van der Waals surface area contributed by atoms with Crippen LogP contribution in [-0.2, 0) is 13.0 Å². The number of rotatable bonds is 5. The third-order valence-electron chi connectivity index (χ3n) is 2.47. The highest BCUT2D eigenvalue weighted by Gasteiger charge is 2.04.